The summed E-state index contributed by atoms with van der Waals surface area (Å²) in [5.74, 6) is -0.0681. The third-order valence-electron chi connectivity index (χ3n) is 2.78. The molecule has 1 aromatic rings. The number of nitrogens with zero attached hydrogens (tertiary/aromatic N) is 1. The van der Waals surface area contributed by atoms with Crippen molar-refractivity contribution in [3.63, 3.8) is 0 Å². The van der Waals surface area contributed by atoms with Gasteiger partial charge in [-0.05, 0) is 32.4 Å². The van der Waals surface area contributed by atoms with E-state index in [1.54, 1.807) is 18.3 Å². The topological polar surface area (TPSA) is 58.6 Å². The molecule has 0 aromatic carbocycles. The van der Waals surface area contributed by atoms with E-state index < -0.39 is 0 Å². The van der Waals surface area contributed by atoms with Crippen LogP contribution in [0.5, 0.6) is 0 Å². The van der Waals surface area contributed by atoms with Gasteiger partial charge in [-0.25, -0.2) is 4.98 Å². The van der Waals surface area contributed by atoms with Crippen LogP contribution in [0, 0.1) is 0 Å². The quantitative estimate of drug-likeness (QED) is 0.783. The van der Waals surface area contributed by atoms with Crippen molar-refractivity contribution in [2.75, 3.05) is 11.9 Å². The molecule has 0 aliphatic heterocycles. The molecule has 3 N–H and O–H groups in total. The fourth-order valence-corrected chi connectivity index (χ4v) is 1.36. The lowest BCUT2D eigenvalue weighted by Gasteiger charge is -2.20. The minimum atomic E-state index is -0.0681. The van der Waals surface area contributed by atoms with Crippen molar-refractivity contribution in [1.29, 1.82) is 0 Å². The summed E-state index contributed by atoms with van der Waals surface area (Å²) in [6.45, 7) is 6.70. The van der Waals surface area contributed by atoms with Gasteiger partial charge in [0.15, 0.2) is 11.7 Å². The molecule has 0 atom stereocenters. The first-order chi connectivity index (χ1) is 7.94. The monoisotopic (exact) mass is 256 g/mol. The first-order valence-electron chi connectivity index (χ1n) is 5.69. The van der Waals surface area contributed by atoms with Gasteiger partial charge < -0.3 is 10.6 Å². The average molecular weight is 257 g/mol. The molecular formula is C12H19ClN3O+. The molecule has 0 aliphatic carbocycles. The van der Waals surface area contributed by atoms with Crippen LogP contribution in [0.3, 0.4) is 0 Å². The number of nitrogens with one attached hydrogen (secondary N) is 1. The molecule has 0 bridgehead atoms. The maximum Gasteiger partial charge on any atom is 0.279 e. The van der Waals surface area contributed by atoms with E-state index in [1.807, 2.05) is 5.32 Å². The molecule has 1 heterocycles. The number of rotatable bonds is 5. The second kappa shape index (κ2) is 5.98. The third kappa shape index (κ3) is 4.71. The Hall–Kier alpha value is -1.13. The second-order valence-electron chi connectivity index (χ2n) is 4.64. The molecule has 0 aliphatic rings. The lowest BCUT2D eigenvalue weighted by atomic mass is 10.0. The Morgan fingerprint density at radius 2 is 2.29 bits per heavy atom. The summed E-state index contributed by atoms with van der Waals surface area (Å²) in [4.78, 5) is 15.6. The normalized spacial score (nSPS) is 11.3. The van der Waals surface area contributed by atoms with E-state index in [0.717, 1.165) is 6.42 Å². The van der Waals surface area contributed by atoms with Crippen LogP contribution in [0.1, 0.15) is 27.2 Å². The fourth-order valence-electron chi connectivity index (χ4n) is 1.19. The number of hydrogen-bond acceptors (Lipinski definition) is 2. The summed E-state index contributed by atoms with van der Waals surface area (Å²) in [5.41, 5.74) is 0.637. The third-order valence-corrected chi connectivity index (χ3v) is 3.09. The van der Waals surface area contributed by atoms with Crippen LogP contribution >= 0.6 is 11.6 Å². The van der Waals surface area contributed by atoms with E-state index in [1.165, 1.54) is 0 Å². The Labute approximate surface area is 107 Å². The molecule has 5 heteroatoms. The molecule has 4 nitrogen and oxygen atoms in total. The number of carbonyl (C=O) groups is 1. The van der Waals surface area contributed by atoms with Gasteiger partial charge in [0.1, 0.15) is 0 Å². The van der Waals surface area contributed by atoms with Gasteiger partial charge in [-0.15, -0.1) is 0 Å². The largest absolute Gasteiger partial charge is 0.334 e. The number of nitrogens with two attached hydrogens (primary N) is 1. The first kappa shape index (κ1) is 13.9. The standard InChI is InChI=1S/C12H18ClN3O/c1-4-12(2,3)15-8-10(17)16-9-6-5-7-14-11(9)13/h5-7,15H,4,8H2,1-3H3,(H,16,17)/p+1. The highest BCUT2D eigenvalue weighted by molar-refractivity contribution is 6.32. The van der Waals surface area contributed by atoms with Crippen LogP contribution in [-0.4, -0.2) is 23.0 Å². The minimum Gasteiger partial charge on any atom is -0.334 e. The predicted octanol–water partition coefficient (Wildman–Crippen LogP) is 1.43. The van der Waals surface area contributed by atoms with Crippen LogP contribution in [0.25, 0.3) is 0 Å². The molecule has 0 spiro atoms. The van der Waals surface area contributed by atoms with Crippen molar-refractivity contribution in [2.24, 2.45) is 0 Å². The number of amides is 1. The molecule has 0 unspecified atom stereocenters. The van der Waals surface area contributed by atoms with Crippen molar-refractivity contribution in [3.8, 4) is 0 Å². The van der Waals surface area contributed by atoms with Crippen molar-refractivity contribution < 1.29 is 10.1 Å². The molecule has 0 fully saturated rings. The number of carbonyl (C=O) groups excluding carboxylic acids is 1. The number of hydrogen-bond donors (Lipinski definition) is 2. The number of pyridine rings is 1. The van der Waals surface area contributed by atoms with Gasteiger partial charge in [0.25, 0.3) is 5.91 Å². The van der Waals surface area contributed by atoms with E-state index in [9.17, 15) is 4.79 Å². The van der Waals surface area contributed by atoms with Gasteiger partial charge >= 0.3 is 0 Å². The molecule has 0 radical (unpaired) electrons. The van der Waals surface area contributed by atoms with Gasteiger partial charge in [0, 0.05) is 6.20 Å². The zero-order valence-corrected chi connectivity index (χ0v) is 11.2. The Bertz CT molecular complexity index is 393. The van der Waals surface area contributed by atoms with E-state index >= 15 is 0 Å². The summed E-state index contributed by atoms with van der Waals surface area (Å²) in [7, 11) is 0. The Balaban J connectivity index is 2.48. The van der Waals surface area contributed by atoms with Gasteiger partial charge in [0.05, 0.1) is 11.2 Å². The molecule has 1 amide bonds. The zero-order valence-electron chi connectivity index (χ0n) is 10.5. The zero-order chi connectivity index (χ0) is 12.9. The maximum atomic E-state index is 11.7. The summed E-state index contributed by atoms with van der Waals surface area (Å²) in [6.07, 6.45) is 2.60. The van der Waals surface area contributed by atoms with E-state index in [4.69, 9.17) is 11.6 Å². The molecule has 0 saturated heterocycles. The number of anilines is 1. The first-order valence-corrected chi connectivity index (χ1v) is 6.07. The Morgan fingerprint density at radius 3 is 2.88 bits per heavy atom. The van der Waals surface area contributed by atoms with Gasteiger partial charge in [-0.2, -0.15) is 0 Å². The summed E-state index contributed by atoms with van der Waals surface area (Å²) in [6, 6.07) is 3.47. The number of aromatic nitrogens is 1. The summed E-state index contributed by atoms with van der Waals surface area (Å²) in [5, 5.41) is 5.08. The Kier molecular flexibility index (Phi) is 4.90. The van der Waals surface area contributed by atoms with Crippen LogP contribution < -0.4 is 10.6 Å². The van der Waals surface area contributed by atoms with Gasteiger partial charge in [-0.3, -0.25) is 4.79 Å². The van der Waals surface area contributed by atoms with Crippen LogP contribution in [0.2, 0.25) is 5.15 Å². The van der Waals surface area contributed by atoms with Crippen LogP contribution in [0.15, 0.2) is 18.3 Å². The smallest absolute Gasteiger partial charge is 0.279 e. The minimum absolute atomic E-state index is 0.0681. The van der Waals surface area contributed by atoms with Crippen molar-refractivity contribution in [3.05, 3.63) is 23.5 Å². The van der Waals surface area contributed by atoms with E-state index in [2.05, 4.69) is 31.1 Å². The van der Waals surface area contributed by atoms with E-state index in [-0.39, 0.29) is 11.4 Å². The van der Waals surface area contributed by atoms with E-state index in [0.29, 0.717) is 17.4 Å². The molecule has 1 rings (SSSR count). The lowest BCUT2D eigenvalue weighted by Crippen LogP contribution is -2.96. The second-order valence-corrected chi connectivity index (χ2v) is 5.00. The highest BCUT2D eigenvalue weighted by atomic mass is 35.5. The highest BCUT2D eigenvalue weighted by Gasteiger charge is 2.19. The van der Waals surface area contributed by atoms with Gasteiger partial charge in [0.2, 0.25) is 0 Å². The lowest BCUT2D eigenvalue weighted by molar-refractivity contribution is -0.711. The highest BCUT2D eigenvalue weighted by Crippen LogP contribution is 2.16. The molecular weight excluding hydrogens is 238 g/mol. The number of quaternary nitrogens is 1. The van der Waals surface area contributed by atoms with Crippen LogP contribution in [0.4, 0.5) is 5.69 Å². The SMILES string of the molecule is CCC(C)(C)[NH2+]CC(=O)Nc1cccnc1Cl. The Morgan fingerprint density at radius 1 is 1.59 bits per heavy atom. The molecule has 0 saturated carbocycles. The van der Waals surface area contributed by atoms with Crippen molar-refractivity contribution in [1.82, 2.24) is 4.98 Å². The molecule has 1 aromatic heterocycles. The fraction of sp³-hybridized carbons (Fsp3) is 0.500. The van der Waals surface area contributed by atoms with Crippen molar-refractivity contribution in [2.45, 2.75) is 32.7 Å². The average Bonchev–Trinajstić information content (AvgIpc) is 2.30. The molecule has 94 valence electrons. The predicted molar refractivity (Wildman–Crippen MR) is 69.0 cm³/mol. The van der Waals surface area contributed by atoms with Gasteiger partial charge in [-0.1, -0.05) is 18.5 Å². The summed E-state index contributed by atoms with van der Waals surface area (Å²) >= 11 is 5.85. The number of halogens is 1. The summed E-state index contributed by atoms with van der Waals surface area (Å²) < 4.78 is 0. The van der Waals surface area contributed by atoms with Crippen LogP contribution in [-0.2, 0) is 4.79 Å². The van der Waals surface area contributed by atoms with Crippen molar-refractivity contribution >= 4 is 23.2 Å². The molecule has 17 heavy (non-hydrogen) atoms. The maximum absolute atomic E-state index is 11.7.